The number of rotatable bonds is 0. The van der Waals surface area contributed by atoms with Crippen LogP contribution in [0.4, 0.5) is 0 Å². The number of nitrogens with zero attached hydrogens (tertiary/aromatic N) is 2. The van der Waals surface area contributed by atoms with E-state index in [1.54, 1.807) is 6.20 Å². The molecule has 2 aromatic rings. The Morgan fingerprint density at radius 2 is 2.08 bits per heavy atom. The monoisotopic (exact) mass is 162 g/mol. The molecule has 2 nitrogen and oxygen atoms in total. The number of aryl methyl sites for hydroxylation is 1. The molecule has 0 aliphatic heterocycles. The molecule has 0 aliphatic rings. The van der Waals surface area contributed by atoms with Crippen LogP contribution in [-0.4, -0.2) is 9.38 Å². The summed E-state index contributed by atoms with van der Waals surface area (Å²) in [7, 11) is 0. The van der Waals surface area contributed by atoms with E-state index in [9.17, 15) is 0 Å². The molecule has 2 heterocycles. The number of hydrogen-bond donors (Lipinski definition) is 0. The molecule has 2 heteroatoms. The standard InChI is InChI=1S/C8H8N2.C2H6/c1-7-5-8-9-3-2-4-10(8)6-7;1-2/h2-6H,1H3;1-2H3. The lowest BCUT2D eigenvalue weighted by molar-refractivity contribution is 1.13. The fraction of sp³-hybridized carbons (Fsp3) is 0.300. The van der Waals surface area contributed by atoms with Gasteiger partial charge in [0.2, 0.25) is 0 Å². The van der Waals surface area contributed by atoms with Gasteiger partial charge >= 0.3 is 0 Å². The van der Waals surface area contributed by atoms with Crippen LogP contribution in [0.2, 0.25) is 0 Å². The minimum absolute atomic E-state index is 1.01. The van der Waals surface area contributed by atoms with Crippen LogP contribution in [0.5, 0.6) is 0 Å². The highest BCUT2D eigenvalue weighted by molar-refractivity contribution is 5.41. The van der Waals surface area contributed by atoms with Crippen molar-refractivity contribution in [1.82, 2.24) is 9.38 Å². The second kappa shape index (κ2) is 3.90. The normalized spacial score (nSPS) is 9.25. The topological polar surface area (TPSA) is 17.3 Å². The average Bonchev–Trinajstić information content (AvgIpc) is 2.48. The van der Waals surface area contributed by atoms with Gasteiger partial charge in [-0.3, -0.25) is 0 Å². The van der Waals surface area contributed by atoms with E-state index in [0.717, 1.165) is 5.65 Å². The van der Waals surface area contributed by atoms with Crippen molar-refractivity contribution in [3.8, 4) is 0 Å². The molecule has 0 atom stereocenters. The van der Waals surface area contributed by atoms with E-state index in [1.165, 1.54) is 5.56 Å². The fourth-order valence-electron chi connectivity index (χ4n) is 1.07. The highest BCUT2D eigenvalue weighted by Crippen LogP contribution is 2.03. The van der Waals surface area contributed by atoms with E-state index < -0.39 is 0 Å². The van der Waals surface area contributed by atoms with E-state index in [2.05, 4.69) is 24.2 Å². The molecule has 64 valence electrons. The molecule has 0 aliphatic carbocycles. The second-order valence-corrected chi connectivity index (χ2v) is 2.40. The number of aromatic nitrogens is 2. The average molecular weight is 162 g/mol. The summed E-state index contributed by atoms with van der Waals surface area (Å²) in [5.41, 5.74) is 2.26. The molecule has 0 aromatic carbocycles. The van der Waals surface area contributed by atoms with Crippen molar-refractivity contribution in [2.24, 2.45) is 0 Å². The number of fused-ring (bicyclic) bond motifs is 1. The van der Waals surface area contributed by atoms with Gasteiger partial charge in [-0.1, -0.05) is 13.8 Å². The van der Waals surface area contributed by atoms with Crippen molar-refractivity contribution in [3.05, 3.63) is 36.3 Å². The molecule has 0 radical (unpaired) electrons. The van der Waals surface area contributed by atoms with Crippen LogP contribution < -0.4 is 0 Å². The first-order valence-corrected chi connectivity index (χ1v) is 4.25. The molecule has 0 fully saturated rings. The van der Waals surface area contributed by atoms with Crippen LogP contribution in [0.1, 0.15) is 19.4 Å². The maximum atomic E-state index is 4.16. The zero-order valence-corrected chi connectivity index (χ0v) is 7.78. The summed E-state index contributed by atoms with van der Waals surface area (Å²) >= 11 is 0. The Morgan fingerprint density at radius 1 is 1.33 bits per heavy atom. The Hall–Kier alpha value is -1.31. The van der Waals surface area contributed by atoms with Crippen LogP contribution in [0, 0.1) is 6.92 Å². The summed E-state index contributed by atoms with van der Waals surface area (Å²) in [4.78, 5) is 4.16. The molecule has 0 saturated heterocycles. The molecule has 0 saturated carbocycles. The van der Waals surface area contributed by atoms with Gasteiger partial charge in [-0.2, -0.15) is 0 Å². The van der Waals surface area contributed by atoms with Gasteiger partial charge in [-0.15, -0.1) is 0 Å². The summed E-state index contributed by atoms with van der Waals surface area (Å²) in [6.07, 6.45) is 5.85. The fourth-order valence-corrected chi connectivity index (χ4v) is 1.07. The molecule has 0 bridgehead atoms. The molecular weight excluding hydrogens is 148 g/mol. The summed E-state index contributed by atoms with van der Waals surface area (Å²) in [6.45, 7) is 6.06. The van der Waals surface area contributed by atoms with Crippen LogP contribution in [0.25, 0.3) is 5.65 Å². The van der Waals surface area contributed by atoms with E-state index in [0.29, 0.717) is 0 Å². The van der Waals surface area contributed by atoms with Crippen LogP contribution in [0.15, 0.2) is 30.7 Å². The molecule has 2 aromatic heterocycles. The van der Waals surface area contributed by atoms with Crippen molar-refractivity contribution in [2.75, 3.05) is 0 Å². The molecule has 0 unspecified atom stereocenters. The second-order valence-electron chi connectivity index (χ2n) is 2.40. The van der Waals surface area contributed by atoms with Gasteiger partial charge in [-0.05, 0) is 24.6 Å². The van der Waals surface area contributed by atoms with E-state index >= 15 is 0 Å². The smallest absolute Gasteiger partial charge is 0.136 e. The van der Waals surface area contributed by atoms with Crippen LogP contribution in [-0.2, 0) is 0 Å². The Kier molecular flexibility index (Phi) is 2.86. The predicted octanol–water partition coefficient (Wildman–Crippen LogP) is 2.67. The maximum Gasteiger partial charge on any atom is 0.136 e. The summed E-state index contributed by atoms with van der Waals surface area (Å²) in [5.74, 6) is 0. The maximum absolute atomic E-state index is 4.16. The van der Waals surface area contributed by atoms with Gasteiger partial charge < -0.3 is 4.40 Å². The van der Waals surface area contributed by atoms with Crippen LogP contribution in [0.3, 0.4) is 0 Å². The lowest BCUT2D eigenvalue weighted by atomic mass is 10.4. The largest absolute Gasteiger partial charge is 0.308 e. The first kappa shape index (κ1) is 8.78. The van der Waals surface area contributed by atoms with Gasteiger partial charge in [0.15, 0.2) is 0 Å². The van der Waals surface area contributed by atoms with Crippen molar-refractivity contribution < 1.29 is 0 Å². The van der Waals surface area contributed by atoms with Gasteiger partial charge in [0.1, 0.15) is 5.65 Å². The summed E-state index contributed by atoms with van der Waals surface area (Å²) in [5, 5.41) is 0. The summed E-state index contributed by atoms with van der Waals surface area (Å²) < 4.78 is 2.01. The minimum Gasteiger partial charge on any atom is -0.308 e. The Labute approximate surface area is 72.9 Å². The molecule has 12 heavy (non-hydrogen) atoms. The summed E-state index contributed by atoms with van der Waals surface area (Å²) in [6, 6.07) is 3.98. The predicted molar refractivity (Wildman–Crippen MR) is 51.3 cm³/mol. The first-order valence-electron chi connectivity index (χ1n) is 4.25. The molecule has 0 N–H and O–H groups in total. The van der Waals surface area contributed by atoms with E-state index in [1.807, 2.05) is 30.5 Å². The van der Waals surface area contributed by atoms with Crippen molar-refractivity contribution >= 4 is 5.65 Å². The lowest BCUT2D eigenvalue weighted by Gasteiger charge is -1.87. The molecule has 0 spiro atoms. The Bertz CT molecular complexity index is 316. The quantitative estimate of drug-likeness (QED) is 0.582. The SMILES string of the molecule is CC.Cc1cc2ncccn2c1. The third kappa shape index (κ3) is 1.64. The highest BCUT2D eigenvalue weighted by atomic mass is 14.9. The van der Waals surface area contributed by atoms with Crippen molar-refractivity contribution in [1.29, 1.82) is 0 Å². The van der Waals surface area contributed by atoms with Gasteiger partial charge in [0, 0.05) is 18.6 Å². The van der Waals surface area contributed by atoms with E-state index in [-0.39, 0.29) is 0 Å². The minimum atomic E-state index is 1.01. The molecule has 2 rings (SSSR count). The molecule has 0 amide bonds. The van der Waals surface area contributed by atoms with Gasteiger partial charge in [-0.25, -0.2) is 4.98 Å². The third-order valence-corrected chi connectivity index (χ3v) is 1.50. The lowest BCUT2D eigenvalue weighted by Crippen LogP contribution is -1.80. The van der Waals surface area contributed by atoms with Gasteiger partial charge in [0.25, 0.3) is 0 Å². The van der Waals surface area contributed by atoms with Crippen molar-refractivity contribution in [2.45, 2.75) is 20.8 Å². The third-order valence-electron chi connectivity index (χ3n) is 1.50. The zero-order chi connectivity index (χ0) is 8.97. The first-order chi connectivity index (χ1) is 5.86. The van der Waals surface area contributed by atoms with Crippen LogP contribution >= 0.6 is 0 Å². The molecular formula is C10H14N2. The van der Waals surface area contributed by atoms with Gasteiger partial charge in [0.05, 0.1) is 0 Å². The van der Waals surface area contributed by atoms with Crippen molar-refractivity contribution in [3.63, 3.8) is 0 Å². The zero-order valence-electron chi connectivity index (χ0n) is 7.78. The highest BCUT2D eigenvalue weighted by Gasteiger charge is 1.91. The Balaban J connectivity index is 0.000000336. The Morgan fingerprint density at radius 3 is 2.75 bits per heavy atom. The number of hydrogen-bond acceptors (Lipinski definition) is 1. The van der Waals surface area contributed by atoms with E-state index in [4.69, 9.17) is 0 Å².